The molecule has 1 aliphatic rings. The molecule has 162 valence electrons. The molecular formula is C22H25N5O3S. The van der Waals surface area contributed by atoms with Crippen LogP contribution in [0, 0.1) is 0 Å². The SMILES string of the molecule is COC(=O)N1CCCC(c2ccc3cnc(CNC(=O)c4ccn(SC)c4)cc3n2)C1. The fraction of sp³-hybridized carbons (Fsp3) is 0.364. The van der Waals surface area contributed by atoms with Crippen molar-refractivity contribution in [3.63, 3.8) is 0 Å². The molecule has 9 heteroatoms. The topological polar surface area (TPSA) is 89.4 Å². The van der Waals surface area contributed by atoms with Crippen molar-refractivity contribution in [3.8, 4) is 0 Å². The van der Waals surface area contributed by atoms with Gasteiger partial charge in [-0.15, -0.1) is 0 Å². The van der Waals surface area contributed by atoms with Crippen LogP contribution in [0.3, 0.4) is 0 Å². The number of pyridine rings is 2. The molecule has 3 aromatic heterocycles. The number of rotatable bonds is 5. The molecule has 3 aromatic rings. The minimum Gasteiger partial charge on any atom is -0.453 e. The fourth-order valence-corrected chi connectivity index (χ4v) is 4.21. The molecule has 4 heterocycles. The van der Waals surface area contributed by atoms with Crippen LogP contribution in [0.1, 0.15) is 40.5 Å². The van der Waals surface area contributed by atoms with Crippen LogP contribution >= 0.6 is 11.9 Å². The smallest absolute Gasteiger partial charge is 0.409 e. The monoisotopic (exact) mass is 439 g/mol. The first-order valence-corrected chi connectivity index (χ1v) is 11.3. The van der Waals surface area contributed by atoms with Crippen molar-refractivity contribution in [3.05, 3.63) is 59.8 Å². The number of nitrogens with zero attached hydrogens (tertiary/aromatic N) is 4. The van der Waals surface area contributed by atoms with Crippen molar-refractivity contribution in [1.82, 2.24) is 24.2 Å². The predicted octanol–water partition coefficient (Wildman–Crippen LogP) is 3.43. The van der Waals surface area contributed by atoms with Gasteiger partial charge in [0.2, 0.25) is 0 Å². The van der Waals surface area contributed by atoms with E-state index in [-0.39, 0.29) is 17.9 Å². The summed E-state index contributed by atoms with van der Waals surface area (Å²) in [6.45, 7) is 1.64. The van der Waals surface area contributed by atoms with Gasteiger partial charge in [-0.1, -0.05) is 0 Å². The van der Waals surface area contributed by atoms with Gasteiger partial charge in [-0.2, -0.15) is 0 Å². The second-order valence-electron chi connectivity index (χ2n) is 7.48. The Balaban J connectivity index is 1.46. The first-order valence-electron chi connectivity index (χ1n) is 10.2. The van der Waals surface area contributed by atoms with E-state index in [0.29, 0.717) is 25.2 Å². The number of likely N-dealkylation sites (tertiary alicyclic amines) is 1. The molecular weight excluding hydrogens is 414 g/mol. The molecule has 1 saturated heterocycles. The number of carbonyl (C=O) groups is 2. The van der Waals surface area contributed by atoms with E-state index in [2.05, 4.69) is 10.3 Å². The van der Waals surface area contributed by atoms with Crippen LogP contribution < -0.4 is 5.32 Å². The van der Waals surface area contributed by atoms with Crippen molar-refractivity contribution in [2.24, 2.45) is 0 Å². The maximum absolute atomic E-state index is 12.4. The van der Waals surface area contributed by atoms with E-state index in [9.17, 15) is 9.59 Å². The molecule has 1 N–H and O–H groups in total. The van der Waals surface area contributed by atoms with Crippen molar-refractivity contribution in [2.75, 3.05) is 26.5 Å². The van der Waals surface area contributed by atoms with Crippen LogP contribution in [-0.4, -0.2) is 57.3 Å². The summed E-state index contributed by atoms with van der Waals surface area (Å²) in [5.41, 5.74) is 3.15. The molecule has 0 spiro atoms. The number of amides is 2. The molecule has 0 aromatic carbocycles. The number of nitrogens with one attached hydrogen (secondary N) is 1. The summed E-state index contributed by atoms with van der Waals surface area (Å²) >= 11 is 1.53. The molecule has 1 aliphatic heterocycles. The second-order valence-corrected chi connectivity index (χ2v) is 8.27. The summed E-state index contributed by atoms with van der Waals surface area (Å²) in [5.74, 6) is 0.0376. The van der Waals surface area contributed by atoms with Gasteiger partial charge in [-0.05, 0) is 49.1 Å². The molecule has 0 aliphatic carbocycles. The molecule has 8 nitrogen and oxygen atoms in total. The summed E-state index contributed by atoms with van der Waals surface area (Å²) in [6, 6.07) is 7.71. The number of aromatic nitrogens is 3. The summed E-state index contributed by atoms with van der Waals surface area (Å²) < 4.78 is 6.74. The third-order valence-corrected chi connectivity index (χ3v) is 6.14. The van der Waals surface area contributed by atoms with Crippen LogP contribution in [-0.2, 0) is 11.3 Å². The summed E-state index contributed by atoms with van der Waals surface area (Å²) in [4.78, 5) is 35.3. The van der Waals surface area contributed by atoms with Gasteiger partial charge < -0.3 is 15.0 Å². The Bertz CT molecular complexity index is 1100. The van der Waals surface area contributed by atoms with Crippen LogP contribution in [0.5, 0.6) is 0 Å². The average Bonchev–Trinajstić information content (AvgIpc) is 3.31. The highest BCUT2D eigenvalue weighted by Crippen LogP contribution is 2.27. The van der Waals surface area contributed by atoms with E-state index >= 15 is 0 Å². The van der Waals surface area contributed by atoms with Gasteiger partial charge in [0.15, 0.2) is 0 Å². The van der Waals surface area contributed by atoms with E-state index in [1.807, 2.05) is 34.6 Å². The van der Waals surface area contributed by atoms with Gasteiger partial charge >= 0.3 is 6.09 Å². The molecule has 2 amide bonds. The van der Waals surface area contributed by atoms with Crippen molar-refractivity contribution in [2.45, 2.75) is 25.3 Å². The number of piperidine rings is 1. The molecule has 4 rings (SSSR count). The lowest BCUT2D eigenvalue weighted by Crippen LogP contribution is -2.39. The number of hydrogen-bond donors (Lipinski definition) is 1. The first kappa shape index (κ1) is 21.2. The van der Waals surface area contributed by atoms with Gasteiger partial charge in [0, 0.05) is 54.9 Å². The minimum absolute atomic E-state index is 0.137. The highest BCUT2D eigenvalue weighted by atomic mass is 32.2. The number of fused-ring (bicyclic) bond motifs is 1. The third kappa shape index (κ3) is 4.82. The zero-order valence-electron chi connectivity index (χ0n) is 17.6. The Labute approximate surface area is 185 Å². The van der Waals surface area contributed by atoms with E-state index in [0.717, 1.165) is 35.1 Å². The Morgan fingerprint density at radius 1 is 1.32 bits per heavy atom. The molecule has 1 fully saturated rings. The lowest BCUT2D eigenvalue weighted by Gasteiger charge is -2.31. The number of ether oxygens (including phenoxy) is 1. The minimum atomic E-state index is -0.291. The molecule has 0 saturated carbocycles. The number of methoxy groups -OCH3 is 1. The Morgan fingerprint density at radius 2 is 2.19 bits per heavy atom. The third-order valence-electron chi connectivity index (χ3n) is 5.49. The molecule has 31 heavy (non-hydrogen) atoms. The van der Waals surface area contributed by atoms with Crippen molar-refractivity contribution >= 4 is 34.9 Å². The molecule has 1 unspecified atom stereocenters. The van der Waals surface area contributed by atoms with Crippen LogP contribution in [0.25, 0.3) is 10.9 Å². The standard InChI is InChI=1S/C22H25N5O3S/c1-30-22(29)26-8-3-4-16(13-26)19-6-5-15-11-23-18(10-20(15)25-19)12-24-21(28)17-7-9-27(14-17)31-2/h5-7,9-11,14,16H,3-4,8,12-13H2,1-2H3,(H,24,28). The zero-order valence-corrected chi connectivity index (χ0v) is 18.4. The van der Waals surface area contributed by atoms with Crippen LogP contribution in [0.4, 0.5) is 4.79 Å². The number of hydrogen-bond acceptors (Lipinski definition) is 6. The summed E-state index contributed by atoms with van der Waals surface area (Å²) in [7, 11) is 1.41. The predicted molar refractivity (Wildman–Crippen MR) is 120 cm³/mol. The van der Waals surface area contributed by atoms with Crippen LogP contribution in [0.2, 0.25) is 0 Å². The number of carbonyl (C=O) groups excluding carboxylic acids is 2. The van der Waals surface area contributed by atoms with Crippen molar-refractivity contribution in [1.29, 1.82) is 0 Å². The molecule has 0 bridgehead atoms. The van der Waals surface area contributed by atoms with E-state index in [1.54, 1.807) is 23.4 Å². The van der Waals surface area contributed by atoms with E-state index < -0.39 is 0 Å². The highest BCUT2D eigenvalue weighted by Gasteiger charge is 2.26. The normalized spacial score (nSPS) is 16.3. The first-order chi connectivity index (χ1) is 15.1. The zero-order chi connectivity index (χ0) is 21.8. The lowest BCUT2D eigenvalue weighted by molar-refractivity contribution is 0.0950. The second kappa shape index (κ2) is 9.38. The van der Waals surface area contributed by atoms with Crippen molar-refractivity contribution < 1.29 is 14.3 Å². The quantitative estimate of drug-likeness (QED) is 0.655. The summed E-state index contributed by atoms with van der Waals surface area (Å²) in [5, 5.41) is 3.85. The molecule has 0 radical (unpaired) electrons. The van der Waals surface area contributed by atoms with Gasteiger partial charge in [0.05, 0.1) is 30.4 Å². The van der Waals surface area contributed by atoms with Gasteiger partial charge in [-0.3, -0.25) is 18.7 Å². The van der Waals surface area contributed by atoms with Gasteiger partial charge in [-0.25, -0.2) is 4.79 Å². The summed E-state index contributed by atoms with van der Waals surface area (Å²) in [6.07, 6.45) is 8.98. The van der Waals surface area contributed by atoms with Gasteiger partial charge in [0.1, 0.15) is 0 Å². The Kier molecular flexibility index (Phi) is 6.41. The maximum atomic E-state index is 12.4. The molecule has 1 atom stereocenters. The maximum Gasteiger partial charge on any atom is 0.409 e. The Morgan fingerprint density at radius 3 is 2.97 bits per heavy atom. The highest BCUT2D eigenvalue weighted by molar-refractivity contribution is 7.97. The largest absolute Gasteiger partial charge is 0.453 e. The fourth-order valence-electron chi connectivity index (χ4n) is 3.81. The van der Waals surface area contributed by atoms with E-state index in [4.69, 9.17) is 9.72 Å². The average molecular weight is 440 g/mol. The van der Waals surface area contributed by atoms with E-state index in [1.165, 1.54) is 19.1 Å². The lowest BCUT2D eigenvalue weighted by atomic mass is 9.94. The van der Waals surface area contributed by atoms with Crippen LogP contribution in [0.15, 0.2) is 42.9 Å². The Hall–Kier alpha value is -3.07. The van der Waals surface area contributed by atoms with Gasteiger partial charge in [0.25, 0.3) is 5.91 Å².